The van der Waals surface area contributed by atoms with E-state index in [9.17, 15) is 4.79 Å². The molecule has 0 aliphatic carbocycles. The molecule has 1 aromatic heterocycles. The molecule has 2 aromatic rings. The van der Waals surface area contributed by atoms with E-state index in [1.807, 2.05) is 38.1 Å². The van der Waals surface area contributed by atoms with Crippen LogP contribution in [0, 0.1) is 0 Å². The molecule has 0 radical (unpaired) electrons. The Morgan fingerprint density at radius 3 is 2.77 bits per heavy atom. The van der Waals surface area contributed by atoms with Gasteiger partial charge in [-0.2, -0.15) is 5.10 Å². The summed E-state index contributed by atoms with van der Waals surface area (Å²) in [4.78, 5) is 16.7. The molecule has 0 aliphatic heterocycles. The molecule has 22 heavy (non-hydrogen) atoms. The molecule has 3 N–H and O–H groups in total. The second-order valence-corrected chi connectivity index (χ2v) is 5.41. The van der Waals surface area contributed by atoms with Crippen molar-refractivity contribution in [3.05, 3.63) is 40.4 Å². The maximum Gasteiger partial charge on any atom is 0.283 e. The van der Waals surface area contributed by atoms with Crippen LogP contribution in [0.1, 0.15) is 34.8 Å². The van der Waals surface area contributed by atoms with E-state index >= 15 is 0 Å². The predicted molar refractivity (Wildman–Crippen MR) is 88.6 cm³/mol. The second kappa shape index (κ2) is 7.56. The number of hydrogen-bond donors (Lipinski definition) is 2. The molecular formula is C15H18N4O2S. The highest BCUT2D eigenvalue weighted by molar-refractivity contribution is 7.17. The van der Waals surface area contributed by atoms with E-state index in [2.05, 4.69) is 15.5 Å². The second-order valence-electron chi connectivity index (χ2n) is 4.38. The Kier molecular flexibility index (Phi) is 5.48. The van der Waals surface area contributed by atoms with Gasteiger partial charge in [-0.25, -0.2) is 10.4 Å². The standard InChI is InChI=1S/C15H18N4O2S/c1-3-12-13(22-15(16)18-12)14(20)19-17-9-10-5-7-11(8-6-10)21-4-2/h5-9H,3-4H2,1-2H3,(H2,16,18)(H,19,20). The van der Waals surface area contributed by atoms with Crippen LogP contribution in [0.4, 0.5) is 5.13 Å². The van der Waals surface area contributed by atoms with Crippen LogP contribution in [-0.4, -0.2) is 23.7 Å². The summed E-state index contributed by atoms with van der Waals surface area (Å²) in [5.74, 6) is 0.504. The minimum absolute atomic E-state index is 0.298. The third-order valence-electron chi connectivity index (χ3n) is 2.83. The number of aromatic nitrogens is 1. The third-order valence-corrected chi connectivity index (χ3v) is 3.75. The lowest BCUT2D eigenvalue weighted by atomic mass is 10.2. The number of anilines is 1. The number of rotatable bonds is 6. The number of thiazole rings is 1. The molecule has 6 nitrogen and oxygen atoms in total. The Morgan fingerprint density at radius 2 is 2.14 bits per heavy atom. The van der Waals surface area contributed by atoms with Crippen LogP contribution in [-0.2, 0) is 6.42 Å². The first-order valence-electron chi connectivity index (χ1n) is 6.95. The summed E-state index contributed by atoms with van der Waals surface area (Å²) in [5, 5.41) is 4.34. The van der Waals surface area contributed by atoms with Crippen LogP contribution in [0.5, 0.6) is 5.75 Å². The SMILES string of the molecule is CCOc1ccc(C=NNC(=O)c2sc(N)nc2CC)cc1. The van der Waals surface area contributed by atoms with Gasteiger partial charge in [0.05, 0.1) is 18.5 Å². The van der Waals surface area contributed by atoms with Gasteiger partial charge < -0.3 is 10.5 Å². The zero-order valence-electron chi connectivity index (χ0n) is 12.5. The van der Waals surface area contributed by atoms with Crippen molar-refractivity contribution in [1.29, 1.82) is 0 Å². The van der Waals surface area contributed by atoms with Crippen molar-refractivity contribution in [2.24, 2.45) is 5.10 Å². The van der Waals surface area contributed by atoms with Gasteiger partial charge in [0.1, 0.15) is 10.6 Å². The van der Waals surface area contributed by atoms with Crippen LogP contribution in [0.2, 0.25) is 0 Å². The fourth-order valence-electron chi connectivity index (χ4n) is 1.82. The Hall–Kier alpha value is -2.41. The molecular weight excluding hydrogens is 300 g/mol. The van der Waals surface area contributed by atoms with Crippen LogP contribution in [0.15, 0.2) is 29.4 Å². The van der Waals surface area contributed by atoms with Crippen molar-refractivity contribution in [2.45, 2.75) is 20.3 Å². The van der Waals surface area contributed by atoms with Crippen molar-refractivity contribution in [3.8, 4) is 5.75 Å². The first-order valence-corrected chi connectivity index (χ1v) is 7.77. The molecule has 116 valence electrons. The quantitative estimate of drug-likeness (QED) is 0.632. The highest BCUT2D eigenvalue weighted by Gasteiger charge is 2.15. The van der Waals surface area contributed by atoms with Gasteiger partial charge in [0, 0.05) is 0 Å². The van der Waals surface area contributed by atoms with E-state index in [1.165, 1.54) is 0 Å². The van der Waals surface area contributed by atoms with Crippen LogP contribution < -0.4 is 15.9 Å². The predicted octanol–water partition coefficient (Wildman–Crippen LogP) is 2.45. The van der Waals surface area contributed by atoms with Gasteiger partial charge in [-0.1, -0.05) is 18.3 Å². The maximum absolute atomic E-state index is 12.0. The molecule has 2 rings (SSSR count). The van der Waals surface area contributed by atoms with Gasteiger partial charge >= 0.3 is 0 Å². The number of aryl methyl sites for hydroxylation is 1. The molecule has 1 amide bonds. The van der Waals surface area contributed by atoms with E-state index in [0.717, 1.165) is 22.6 Å². The van der Waals surface area contributed by atoms with Crippen molar-refractivity contribution in [3.63, 3.8) is 0 Å². The lowest BCUT2D eigenvalue weighted by Crippen LogP contribution is -2.17. The highest BCUT2D eigenvalue weighted by Crippen LogP contribution is 2.20. The third kappa shape index (κ3) is 4.05. The summed E-state index contributed by atoms with van der Waals surface area (Å²) in [6.07, 6.45) is 2.22. The van der Waals surface area contributed by atoms with Crippen molar-refractivity contribution < 1.29 is 9.53 Å². The summed E-state index contributed by atoms with van der Waals surface area (Å²) >= 11 is 1.16. The molecule has 0 bridgehead atoms. The summed E-state index contributed by atoms with van der Waals surface area (Å²) in [6.45, 7) is 4.48. The number of nitrogens with one attached hydrogen (secondary N) is 1. The summed E-state index contributed by atoms with van der Waals surface area (Å²) in [5.41, 5.74) is 9.67. The minimum atomic E-state index is -0.298. The fraction of sp³-hybridized carbons (Fsp3) is 0.267. The van der Waals surface area contributed by atoms with Crippen molar-refractivity contribution >= 4 is 28.6 Å². The first-order chi connectivity index (χ1) is 10.6. The molecule has 0 aliphatic rings. The van der Waals surface area contributed by atoms with Gasteiger partial charge in [0.2, 0.25) is 0 Å². The van der Waals surface area contributed by atoms with Gasteiger partial charge in [-0.3, -0.25) is 4.79 Å². The number of hydrogen-bond acceptors (Lipinski definition) is 6. The zero-order chi connectivity index (χ0) is 15.9. The van der Waals surface area contributed by atoms with E-state index < -0.39 is 0 Å². The van der Waals surface area contributed by atoms with Gasteiger partial charge in [-0.05, 0) is 43.2 Å². The van der Waals surface area contributed by atoms with E-state index in [1.54, 1.807) is 6.21 Å². The molecule has 0 unspecified atom stereocenters. The number of carbonyl (C=O) groups is 1. The van der Waals surface area contributed by atoms with Crippen molar-refractivity contribution in [1.82, 2.24) is 10.4 Å². The number of hydrazone groups is 1. The summed E-state index contributed by atoms with van der Waals surface area (Å²) in [6, 6.07) is 7.43. The maximum atomic E-state index is 12.0. The molecule has 0 saturated carbocycles. The molecule has 0 spiro atoms. The topological polar surface area (TPSA) is 89.6 Å². The normalized spacial score (nSPS) is 10.8. The van der Waals surface area contributed by atoms with Crippen LogP contribution in [0.25, 0.3) is 0 Å². The fourth-order valence-corrected chi connectivity index (χ4v) is 2.63. The lowest BCUT2D eigenvalue weighted by Gasteiger charge is -2.02. The van der Waals surface area contributed by atoms with Gasteiger partial charge in [0.25, 0.3) is 5.91 Å². The molecule has 1 heterocycles. The number of nitrogens with two attached hydrogens (primary N) is 1. The average Bonchev–Trinajstić information content (AvgIpc) is 2.90. The van der Waals surface area contributed by atoms with Gasteiger partial charge in [-0.15, -0.1) is 0 Å². The Morgan fingerprint density at radius 1 is 1.41 bits per heavy atom. The van der Waals surface area contributed by atoms with E-state index in [-0.39, 0.29) is 5.91 Å². The summed E-state index contributed by atoms with van der Waals surface area (Å²) < 4.78 is 5.36. The lowest BCUT2D eigenvalue weighted by molar-refractivity contribution is 0.0958. The monoisotopic (exact) mass is 318 g/mol. The Labute approximate surface area is 133 Å². The molecule has 1 aromatic carbocycles. The number of carbonyl (C=O) groups excluding carboxylic acids is 1. The summed E-state index contributed by atoms with van der Waals surface area (Å²) in [7, 11) is 0. The van der Waals surface area contributed by atoms with E-state index in [0.29, 0.717) is 28.7 Å². The highest BCUT2D eigenvalue weighted by atomic mass is 32.1. The first kappa shape index (κ1) is 16.0. The number of nitrogen functional groups attached to an aromatic ring is 1. The van der Waals surface area contributed by atoms with Gasteiger partial charge in [0.15, 0.2) is 5.13 Å². The minimum Gasteiger partial charge on any atom is -0.494 e. The average molecular weight is 318 g/mol. The van der Waals surface area contributed by atoms with Crippen LogP contribution in [0.3, 0.4) is 0 Å². The number of benzene rings is 1. The smallest absolute Gasteiger partial charge is 0.283 e. The number of ether oxygens (including phenoxy) is 1. The Bertz CT molecular complexity index is 665. The molecule has 0 saturated heterocycles. The number of amides is 1. The molecule has 0 fully saturated rings. The zero-order valence-corrected chi connectivity index (χ0v) is 13.3. The number of nitrogens with zero attached hydrogens (tertiary/aromatic N) is 2. The molecule has 0 atom stereocenters. The van der Waals surface area contributed by atoms with E-state index in [4.69, 9.17) is 10.5 Å². The van der Waals surface area contributed by atoms with Crippen molar-refractivity contribution in [2.75, 3.05) is 12.3 Å². The van der Waals surface area contributed by atoms with Crippen LogP contribution >= 0.6 is 11.3 Å². The largest absolute Gasteiger partial charge is 0.494 e. The Balaban J connectivity index is 1.97. The molecule has 7 heteroatoms.